The van der Waals surface area contributed by atoms with Gasteiger partial charge in [-0.2, -0.15) is 0 Å². The SMILES string of the molecule is CCCCCCOc1ccc(N2C(=O)C(c3cccs3)=C3C2=C(c2cccs2)C(=O)N3c2ccc(OCCCCCC)cc2)cc1. The van der Waals surface area contributed by atoms with E-state index in [0.29, 0.717) is 47.1 Å². The van der Waals surface area contributed by atoms with Gasteiger partial charge in [0.15, 0.2) is 0 Å². The summed E-state index contributed by atoms with van der Waals surface area (Å²) < 4.78 is 12.0. The first kappa shape index (κ1) is 31.8. The Balaban J connectivity index is 1.36. The van der Waals surface area contributed by atoms with E-state index in [-0.39, 0.29) is 11.8 Å². The van der Waals surface area contributed by atoms with E-state index in [4.69, 9.17) is 9.47 Å². The number of unbranched alkanes of at least 4 members (excludes halogenated alkanes) is 6. The monoisotopic (exact) mass is 652 g/mol. The van der Waals surface area contributed by atoms with Crippen molar-refractivity contribution < 1.29 is 19.1 Å². The zero-order valence-corrected chi connectivity index (χ0v) is 28.1. The molecule has 0 N–H and O–H groups in total. The molecule has 6 nitrogen and oxygen atoms in total. The molecule has 46 heavy (non-hydrogen) atoms. The molecular formula is C38H40N2O4S2. The van der Waals surface area contributed by atoms with Crippen molar-refractivity contribution in [3.8, 4) is 11.5 Å². The highest BCUT2D eigenvalue weighted by atomic mass is 32.1. The van der Waals surface area contributed by atoms with Gasteiger partial charge in [0.25, 0.3) is 11.8 Å². The van der Waals surface area contributed by atoms with Crippen LogP contribution >= 0.6 is 22.7 Å². The first-order valence-corrected chi connectivity index (χ1v) is 18.1. The second-order valence-corrected chi connectivity index (χ2v) is 13.4. The maximum absolute atomic E-state index is 14.5. The van der Waals surface area contributed by atoms with E-state index in [1.165, 1.54) is 48.4 Å². The summed E-state index contributed by atoms with van der Waals surface area (Å²) in [6.07, 6.45) is 9.10. The largest absolute Gasteiger partial charge is 0.494 e. The molecule has 2 aliphatic rings. The predicted octanol–water partition coefficient (Wildman–Crippen LogP) is 9.94. The Morgan fingerprint density at radius 2 is 0.957 bits per heavy atom. The van der Waals surface area contributed by atoms with E-state index in [1.807, 2.05) is 83.6 Å². The van der Waals surface area contributed by atoms with Crippen molar-refractivity contribution in [3.63, 3.8) is 0 Å². The van der Waals surface area contributed by atoms with Crippen molar-refractivity contribution >= 4 is 57.0 Å². The molecule has 0 spiro atoms. The van der Waals surface area contributed by atoms with E-state index in [1.54, 1.807) is 9.80 Å². The zero-order valence-electron chi connectivity index (χ0n) is 26.5. The van der Waals surface area contributed by atoms with Crippen LogP contribution < -0.4 is 19.3 Å². The Bertz CT molecular complexity index is 1560. The van der Waals surface area contributed by atoms with Crippen LogP contribution in [0.25, 0.3) is 11.1 Å². The maximum Gasteiger partial charge on any atom is 0.266 e. The van der Waals surface area contributed by atoms with E-state index < -0.39 is 0 Å². The molecule has 0 aliphatic carbocycles. The maximum atomic E-state index is 14.5. The number of benzene rings is 2. The highest BCUT2D eigenvalue weighted by Crippen LogP contribution is 2.51. The molecule has 8 heteroatoms. The third kappa shape index (κ3) is 6.55. The summed E-state index contributed by atoms with van der Waals surface area (Å²) in [6.45, 7) is 5.72. The topological polar surface area (TPSA) is 59.1 Å². The predicted molar refractivity (Wildman–Crippen MR) is 190 cm³/mol. The van der Waals surface area contributed by atoms with Gasteiger partial charge in [0.2, 0.25) is 0 Å². The molecule has 2 aromatic carbocycles. The Morgan fingerprint density at radius 3 is 1.30 bits per heavy atom. The van der Waals surface area contributed by atoms with Crippen molar-refractivity contribution in [2.45, 2.75) is 65.2 Å². The minimum atomic E-state index is -0.153. The number of ether oxygens (including phenoxy) is 2. The van der Waals surface area contributed by atoms with Gasteiger partial charge in [-0.25, -0.2) is 0 Å². The number of carbonyl (C=O) groups is 2. The Labute approximate surface area is 279 Å². The molecule has 4 heterocycles. The normalized spacial score (nSPS) is 14.6. The van der Waals surface area contributed by atoms with Gasteiger partial charge < -0.3 is 9.47 Å². The minimum Gasteiger partial charge on any atom is -0.494 e. The number of nitrogens with zero attached hydrogens (tertiary/aromatic N) is 2. The van der Waals surface area contributed by atoms with Gasteiger partial charge in [0.1, 0.15) is 11.5 Å². The smallest absolute Gasteiger partial charge is 0.266 e. The molecule has 2 amide bonds. The van der Waals surface area contributed by atoms with Gasteiger partial charge in [0, 0.05) is 21.1 Å². The number of fused-ring (bicyclic) bond motifs is 1. The highest BCUT2D eigenvalue weighted by molar-refractivity contribution is 7.12. The molecule has 0 saturated carbocycles. The van der Waals surface area contributed by atoms with Gasteiger partial charge in [-0.3, -0.25) is 19.4 Å². The fraction of sp³-hybridized carbons (Fsp3) is 0.316. The number of rotatable bonds is 16. The van der Waals surface area contributed by atoms with Crippen molar-refractivity contribution in [1.82, 2.24) is 0 Å². The van der Waals surface area contributed by atoms with Crippen LogP contribution in [0.2, 0.25) is 0 Å². The van der Waals surface area contributed by atoms with Crippen molar-refractivity contribution in [2.75, 3.05) is 23.0 Å². The number of hydrogen-bond acceptors (Lipinski definition) is 6. The molecule has 2 aliphatic heterocycles. The van der Waals surface area contributed by atoms with Crippen LogP contribution in [0.3, 0.4) is 0 Å². The molecule has 6 rings (SSSR count). The van der Waals surface area contributed by atoms with Crippen LogP contribution in [-0.4, -0.2) is 25.0 Å². The van der Waals surface area contributed by atoms with Crippen molar-refractivity contribution in [1.29, 1.82) is 0 Å². The summed E-state index contributed by atoms with van der Waals surface area (Å²) >= 11 is 3.00. The lowest BCUT2D eigenvalue weighted by atomic mass is 10.1. The van der Waals surface area contributed by atoms with E-state index in [0.717, 1.165) is 46.9 Å². The average molecular weight is 653 g/mol. The fourth-order valence-electron chi connectivity index (χ4n) is 5.90. The lowest BCUT2D eigenvalue weighted by molar-refractivity contribution is -0.112. The molecule has 0 radical (unpaired) electrons. The average Bonchev–Trinajstić information content (AvgIpc) is 3.88. The molecular weight excluding hydrogens is 613 g/mol. The second kappa shape index (κ2) is 15.0. The number of hydrogen-bond donors (Lipinski definition) is 0. The summed E-state index contributed by atoms with van der Waals surface area (Å²) in [6, 6.07) is 23.0. The molecule has 0 fully saturated rings. The lowest BCUT2D eigenvalue weighted by Gasteiger charge is -2.20. The number of thiophene rings is 2. The molecule has 0 bridgehead atoms. The Kier molecular flexibility index (Phi) is 10.4. The van der Waals surface area contributed by atoms with E-state index >= 15 is 0 Å². The minimum absolute atomic E-state index is 0.153. The number of anilines is 2. The standard InChI is InChI=1S/C38H40N2O4S2/c1-3-5-7-9-23-43-29-19-15-27(16-20-29)39-35-33(31-13-11-25-45-31)38(42)40(36(35)34(37(39)41)32-14-12-26-46-32)28-17-21-30(22-18-28)44-24-10-8-6-4-2/h11-22,25-26H,3-10,23-24H2,1-2H3. The quantitative estimate of drug-likeness (QED) is 0.113. The van der Waals surface area contributed by atoms with Gasteiger partial charge >= 0.3 is 0 Å². The number of amides is 2. The van der Waals surface area contributed by atoms with Gasteiger partial charge in [0.05, 0.1) is 35.8 Å². The third-order valence-corrected chi connectivity index (χ3v) is 10.0. The van der Waals surface area contributed by atoms with Gasteiger partial charge in [-0.15, -0.1) is 22.7 Å². The molecule has 2 aromatic heterocycles. The Morgan fingerprint density at radius 1 is 0.543 bits per heavy atom. The third-order valence-electron chi connectivity index (χ3n) is 8.24. The molecule has 0 unspecified atom stereocenters. The van der Waals surface area contributed by atoms with E-state index in [2.05, 4.69) is 13.8 Å². The van der Waals surface area contributed by atoms with E-state index in [9.17, 15) is 9.59 Å². The molecule has 0 saturated heterocycles. The highest BCUT2D eigenvalue weighted by Gasteiger charge is 2.50. The van der Waals surface area contributed by atoms with Crippen LogP contribution in [0.5, 0.6) is 11.5 Å². The summed E-state index contributed by atoms with van der Waals surface area (Å²) in [5.41, 5.74) is 3.67. The summed E-state index contributed by atoms with van der Waals surface area (Å²) in [7, 11) is 0. The van der Waals surface area contributed by atoms with Crippen LogP contribution in [0.15, 0.2) is 95.0 Å². The fourth-order valence-corrected chi connectivity index (χ4v) is 7.43. The van der Waals surface area contributed by atoms with Gasteiger partial charge in [-0.05, 0) is 84.3 Å². The summed E-state index contributed by atoms with van der Waals surface area (Å²) in [5, 5.41) is 3.92. The molecule has 4 aromatic rings. The summed E-state index contributed by atoms with van der Waals surface area (Å²) in [4.78, 5) is 34.0. The first-order valence-electron chi connectivity index (χ1n) is 16.3. The molecule has 0 atom stereocenters. The molecule has 238 valence electrons. The Hall–Kier alpha value is -4.14. The van der Waals surface area contributed by atoms with Crippen LogP contribution in [0.4, 0.5) is 11.4 Å². The van der Waals surface area contributed by atoms with Gasteiger partial charge in [-0.1, -0.05) is 64.5 Å². The van der Waals surface area contributed by atoms with Crippen molar-refractivity contribution in [2.24, 2.45) is 0 Å². The van der Waals surface area contributed by atoms with Crippen LogP contribution in [-0.2, 0) is 9.59 Å². The van der Waals surface area contributed by atoms with Crippen molar-refractivity contribution in [3.05, 3.63) is 105 Å². The zero-order chi connectivity index (χ0) is 31.9. The number of carbonyl (C=O) groups excluding carboxylic acids is 2. The summed E-state index contributed by atoms with van der Waals surface area (Å²) in [5.74, 6) is 1.23. The lowest BCUT2D eigenvalue weighted by Crippen LogP contribution is -2.26. The first-order chi connectivity index (χ1) is 22.6. The van der Waals surface area contributed by atoms with Crippen LogP contribution in [0, 0.1) is 0 Å². The van der Waals surface area contributed by atoms with Crippen LogP contribution in [0.1, 0.15) is 75.0 Å². The second-order valence-electron chi connectivity index (χ2n) is 11.5.